The molecule has 1 amide bonds. The molecule has 0 aliphatic heterocycles. The summed E-state index contributed by atoms with van der Waals surface area (Å²) in [4.78, 5) is 20.9. The molecule has 0 bridgehead atoms. The zero-order valence-corrected chi connectivity index (χ0v) is 20.4. The summed E-state index contributed by atoms with van der Waals surface area (Å²) in [6, 6.07) is 7.13. The van der Waals surface area contributed by atoms with Crippen LogP contribution >= 0.6 is 0 Å². The molecule has 3 aromatic rings. The first-order chi connectivity index (χ1) is 16.7. The minimum absolute atomic E-state index is 0.000930. The molecule has 0 spiro atoms. The molecule has 2 aromatic heterocycles. The predicted octanol–water partition coefficient (Wildman–Crippen LogP) is 5.01. The van der Waals surface area contributed by atoms with Gasteiger partial charge in [0.15, 0.2) is 11.4 Å². The molecule has 9 nitrogen and oxygen atoms in total. The van der Waals surface area contributed by atoms with Gasteiger partial charge in [-0.3, -0.25) is 4.79 Å². The smallest absolute Gasteiger partial charge is 0.323 e. The topological polar surface area (TPSA) is 105 Å². The van der Waals surface area contributed by atoms with E-state index < -0.39 is 12.6 Å². The van der Waals surface area contributed by atoms with Gasteiger partial charge >= 0.3 is 6.01 Å². The highest BCUT2D eigenvalue weighted by Gasteiger charge is 2.31. The summed E-state index contributed by atoms with van der Waals surface area (Å²) < 4.78 is 39.6. The monoisotopic (exact) mass is 485 g/mol. The minimum Gasteiger partial charge on any atom is -0.479 e. The van der Waals surface area contributed by atoms with Gasteiger partial charge in [-0.15, -0.1) is 0 Å². The third-order valence-electron chi connectivity index (χ3n) is 5.92. The van der Waals surface area contributed by atoms with Crippen LogP contribution in [0.15, 0.2) is 28.7 Å². The molecule has 1 N–H and O–H groups in total. The minimum atomic E-state index is -0.710. The van der Waals surface area contributed by atoms with E-state index >= 15 is 0 Å². The molecule has 0 fully saturated rings. The Labute approximate surface area is 202 Å². The van der Waals surface area contributed by atoms with Crippen LogP contribution in [-0.2, 0) is 11.8 Å². The van der Waals surface area contributed by atoms with Crippen LogP contribution in [0.25, 0.3) is 0 Å². The van der Waals surface area contributed by atoms with Gasteiger partial charge in [0, 0.05) is 6.07 Å². The summed E-state index contributed by atoms with van der Waals surface area (Å²) in [6.07, 6.45) is 2.14. The van der Waals surface area contributed by atoms with Crippen LogP contribution in [0.2, 0.25) is 0 Å². The summed E-state index contributed by atoms with van der Waals surface area (Å²) >= 11 is 0. The van der Waals surface area contributed by atoms with Gasteiger partial charge in [-0.2, -0.15) is 9.97 Å². The fourth-order valence-electron chi connectivity index (χ4n) is 4.06. The Morgan fingerprint density at radius 1 is 1.17 bits per heavy atom. The quantitative estimate of drug-likeness (QED) is 0.451. The molecule has 10 heteroatoms. The zero-order valence-electron chi connectivity index (χ0n) is 20.4. The molecule has 0 atom stereocenters. The average Bonchev–Trinajstić information content (AvgIpc) is 3.42. The van der Waals surface area contributed by atoms with E-state index in [9.17, 15) is 9.18 Å². The third kappa shape index (κ3) is 5.01. The number of methoxy groups -OCH3 is 2. The first-order valence-corrected chi connectivity index (χ1v) is 11.2. The number of aryl methyl sites for hydroxylation is 2. The fraction of sp³-hybridized carbons (Fsp3) is 0.400. The number of ether oxygens (including phenoxy) is 4. The standard InChI is InChI=1S/C25H28FN3O6/c1-14-12-15-8-9-25(2,3)16(15)13-18(14)35-19-7-6-17(34-19)21(30)27-20-22(31-4)28-24(33-11-10-26)29-23(20)32-5/h6-7,12-13H,8-11H2,1-5H3,(H,27,30). The van der Waals surface area contributed by atoms with E-state index in [-0.39, 0.29) is 47.2 Å². The summed E-state index contributed by atoms with van der Waals surface area (Å²) in [5, 5.41) is 2.62. The molecular weight excluding hydrogens is 457 g/mol. The van der Waals surface area contributed by atoms with E-state index in [4.69, 9.17) is 23.4 Å². The van der Waals surface area contributed by atoms with Crippen molar-refractivity contribution in [2.45, 2.75) is 39.0 Å². The lowest BCUT2D eigenvalue weighted by molar-refractivity contribution is 0.0990. The Morgan fingerprint density at radius 2 is 1.89 bits per heavy atom. The molecule has 1 aliphatic rings. The SMILES string of the molecule is COc1nc(OCCF)nc(OC)c1NC(=O)c1ccc(Oc2cc3c(cc2C)CCC3(C)C)o1. The van der Waals surface area contributed by atoms with Gasteiger partial charge in [0.2, 0.25) is 11.8 Å². The van der Waals surface area contributed by atoms with Crippen molar-refractivity contribution in [3.63, 3.8) is 0 Å². The van der Waals surface area contributed by atoms with Crippen LogP contribution in [0.3, 0.4) is 0 Å². The zero-order chi connectivity index (χ0) is 25.2. The molecule has 0 saturated heterocycles. The maximum Gasteiger partial charge on any atom is 0.323 e. The average molecular weight is 486 g/mol. The number of benzene rings is 1. The van der Waals surface area contributed by atoms with E-state index in [2.05, 4.69) is 41.3 Å². The van der Waals surface area contributed by atoms with Gasteiger partial charge in [-0.05, 0) is 54.0 Å². The van der Waals surface area contributed by atoms with E-state index in [0.29, 0.717) is 5.75 Å². The number of nitrogens with zero attached hydrogens (tertiary/aromatic N) is 2. The second kappa shape index (κ2) is 9.81. The van der Waals surface area contributed by atoms with Crippen LogP contribution in [0, 0.1) is 6.92 Å². The van der Waals surface area contributed by atoms with E-state index in [1.54, 1.807) is 6.07 Å². The number of aromatic nitrogens is 2. The Bertz CT molecular complexity index is 1210. The Balaban J connectivity index is 1.53. The number of rotatable bonds is 9. The first kappa shape index (κ1) is 24.3. The van der Waals surface area contributed by atoms with Crippen LogP contribution < -0.4 is 24.3 Å². The first-order valence-electron chi connectivity index (χ1n) is 11.2. The normalized spacial score (nSPS) is 13.8. The molecule has 0 radical (unpaired) electrons. The largest absolute Gasteiger partial charge is 0.479 e. The Morgan fingerprint density at radius 3 is 2.54 bits per heavy atom. The molecule has 186 valence electrons. The molecule has 4 rings (SSSR count). The maximum atomic E-state index is 12.9. The van der Waals surface area contributed by atoms with E-state index in [1.807, 2.05) is 6.92 Å². The van der Waals surface area contributed by atoms with Gasteiger partial charge in [0.05, 0.1) is 14.2 Å². The van der Waals surface area contributed by atoms with Crippen LogP contribution in [0.4, 0.5) is 10.1 Å². The summed E-state index contributed by atoms with van der Waals surface area (Å²) in [7, 11) is 2.71. The number of nitrogens with one attached hydrogen (secondary N) is 1. The number of carbonyl (C=O) groups is 1. The Kier molecular flexibility index (Phi) is 6.81. The van der Waals surface area contributed by atoms with Crippen molar-refractivity contribution >= 4 is 11.6 Å². The van der Waals surface area contributed by atoms with Gasteiger partial charge in [-0.1, -0.05) is 19.9 Å². The number of furan rings is 1. The second-order valence-electron chi connectivity index (χ2n) is 8.77. The number of alkyl halides is 1. The van der Waals surface area contributed by atoms with Crippen LogP contribution in [0.1, 0.15) is 47.5 Å². The number of hydrogen-bond acceptors (Lipinski definition) is 8. The fourth-order valence-corrected chi connectivity index (χ4v) is 4.06. The molecule has 35 heavy (non-hydrogen) atoms. The van der Waals surface area contributed by atoms with Gasteiger partial charge in [-0.25, -0.2) is 4.39 Å². The molecule has 0 unspecified atom stereocenters. The van der Waals surface area contributed by atoms with Gasteiger partial charge < -0.3 is 28.7 Å². The summed E-state index contributed by atoms with van der Waals surface area (Å²) in [6.45, 7) is 5.49. The van der Waals surface area contributed by atoms with E-state index in [1.165, 1.54) is 31.4 Å². The number of fused-ring (bicyclic) bond motifs is 1. The van der Waals surface area contributed by atoms with Crippen molar-refractivity contribution in [3.05, 3.63) is 46.7 Å². The number of hydrogen-bond donors (Lipinski definition) is 1. The third-order valence-corrected chi connectivity index (χ3v) is 5.92. The number of amides is 1. The lowest BCUT2D eigenvalue weighted by atomic mass is 9.86. The highest BCUT2D eigenvalue weighted by Crippen LogP contribution is 2.42. The highest BCUT2D eigenvalue weighted by atomic mass is 19.1. The van der Waals surface area contributed by atoms with Crippen molar-refractivity contribution in [3.8, 4) is 29.5 Å². The van der Waals surface area contributed by atoms with E-state index in [0.717, 1.165) is 18.4 Å². The maximum absolute atomic E-state index is 12.9. The molecule has 1 aromatic carbocycles. The van der Waals surface area contributed by atoms with Crippen molar-refractivity contribution in [2.75, 3.05) is 32.8 Å². The van der Waals surface area contributed by atoms with Crippen molar-refractivity contribution < 1.29 is 32.5 Å². The van der Waals surface area contributed by atoms with Gasteiger partial charge in [0.25, 0.3) is 11.9 Å². The summed E-state index contributed by atoms with van der Waals surface area (Å²) in [5.41, 5.74) is 3.75. The lowest BCUT2D eigenvalue weighted by Gasteiger charge is -2.20. The van der Waals surface area contributed by atoms with Crippen molar-refractivity contribution in [2.24, 2.45) is 0 Å². The second-order valence-corrected chi connectivity index (χ2v) is 8.77. The lowest BCUT2D eigenvalue weighted by Crippen LogP contribution is -2.15. The highest BCUT2D eigenvalue weighted by molar-refractivity contribution is 6.03. The molecule has 1 aliphatic carbocycles. The molecule has 2 heterocycles. The summed E-state index contributed by atoms with van der Waals surface area (Å²) in [5.74, 6) is 0.238. The molecule has 0 saturated carbocycles. The Hall–Kier alpha value is -3.82. The van der Waals surface area contributed by atoms with Crippen LogP contribution in [0.5, 0.6) is 29.5 Å². The molecular formula is C25H28FN3O6. The van der Waals surface area contributed by atoms with Crippen molar-refractivity contribution in [1.82, 2.24) is 9.97 Å². The van der Waals surface area contributed by atoms with Crippen LogP contribution in [-0.4, -0.2) is 43.4 Å². The van der Waals surface area contributed by atoms with Gasteiger partial charge in [0.1, 0.15) is 19.0 Å². The number of carbonyl (C=O) groups excluding carboxylic acids is 1. The number of halogens is 1. The number of anilines is 1. The predicted molar refractivity (Wildman–Crippen MR) is 126 cm³/mol. The van der Waals surface area contributed by atoms with Crippen molar-refractivity contribution in [1.29, 1.82) is 0 Å².